The van der Waals surface area contributed by atoms with Crippen molar-refractivity contribution in [2.45, 2.75) is 30.3 Å². The number of carbonyl (C=O) groups is 2. The van der Waals surface area contributed by atoms with E-state index in [2.05, 4.69) is 25.8 Å². The smallest absolute Gasteiger partial charge is 0.321 e. The molecule has 3 amide bonds. The molecule has 2 aromatic carbocycles. The van der Waals surface area contributed by atoms with Gasteiger partial charge in [0, 0.05) is 36.6 Å². The van der Waals surface area contributed by atoms with Gasteiger partial charge in [0.2, 0.25) is 0 Å². The Balaban J connectivity index is 1.27. The van der Waals surface area contributed by atoms with E-state index in [1.54, 1.807) is 11.8 Å². The Labute approximate surface area is 184 Å². The Kier molecular flexibility index (Phi) is 6.83. The van der Waals surface area contributed by atoms with Gasteiger partial charge in [0.05, 0.1) is 0 Å². The van der Waals surface area contributed by atoms with Crippen LogP contribution in [0.5, 0.6) is 0 Å². The molecular formula is C22H24N6O2S. The first-order valence-electron chi connectivity index (χ1n) is 10.2. The highest BCUT2D eigenvalue weighted by molar-refractivity contribution is 7.98. The monoisotopic (exact) mass is 436 g/mol. The number of benzene rings is 2. The molecule has 1 aliphatic heterocycles. The van der Waals surface area contributed by atoms with Crippen LogP contribution in [0.2, 0.25) is 0 Å². The Bertz CT molecular complexity index is 1020. The van der Waals surface area contributed by atoms with E-state index in [0.29, 0.717) is 12.1 Å². The van der Waals surface area contributed by atoms with Gasteiger partial charge in [-0.2, -0.15) is 5.10 Å². The molecule has 2 heterocycles. The van der Waals surface area contributed by atoms with Crippen LogP contribution in [-0.4, -0.2) is 45.1 Å². The van der Waals surface area contributed by atoms with Gasteiger partial charge in [-0.05, 0) is 48.2 Å². The summed E-state index contributed by atoms with van der Waals surface area (Å²) in [4.78, 5) is 30.6. The summed E-state index contributed by atoms with van der Waals surface area (Å²) in [5.74, 6) is 0.605. The molecule has 0 bridgehead atoms. The number of aromatic nitrogens is 3. The number of nitrogens with one attached hydrogen (secondary N) is 3. The number of thioether (sulfide) groups is 1. The van der Waals surface area contributed by atoms with Crippen LogP contribution in [0.1, 0.15) is 34.3 Å². The fourth-order valence-electron chi connectivity index (χ4n) is 3.33. The first kappa shape index (κ1) is 20.9. The van der Waals surface area contributed by atoms with Crippen molar-refractivity contribution in [3.8, 4) is 0 Å². The lowest BCUT2D eigenvalue weighted by atomic mass is 10.1. The second kappa shape index (κ2) is 10.1. The number of amides is 3. The van der Waals surface area contributed by atoms with Crippen LogP contribution >= 0.6 is 11.8 Å². The maximum atomic E-state index is 12.5. The van der Waals surface area contributed by atoms with Crippen molar-refractivity contribution in [3.05, 3.63) is 71.5 Å². The summed E-state index contributed by atoms with van der Waals surface area (Å²) < 4.78 is 0. The van der Waals surface area contributed by atoms with Crippen molar-refractivity contribution in [3.63, 3.8) is 0 Å². The van der Waals surface area contributed by atoms with Crippen LogP contribution in [0.3, 0.4) is 0 Å². The van der Waals surface area contributed by atoms with E-state index in [0.717, 1.165) is 53.7 Å². The number of rotatable bonds is 7. The van der Waals surface area contributed by atoms with E-state index >= 15 is 0 Å². The fourth-order valence-corrected chi connectivity index (χ4v) is 4.07. The normalized spacial score (nSPS) is 13.2. The predicted octanol–water partition coefficient (Wildman–Crippen LogP) is 3.65. The van der Waals surface area contributed by atoms with Gasteiger partial charge in [-0.1, -0.05) is 36.0 Å². The molecule has 0 saturated carbocycles. The van der Waals surface area contributed by atoms with E-state index in [1.165, 1.54) is 6.33 Å². The van der Waals surface area contributed by atoms with Crippen molar-refractivity contribution in [2.75, 3.05) is 18.4 Å². The fraction of sp³-hybridized carbons (Fsp3) is 0.273. The third kappa shape index (κ3) is 5.85. The number of aromatic amines is 1. The van der Waals surface area contributed by atoms with Crippen molar-refractivity contribution < 1.29 is 9.59 Å². The molecule has 1 fully saturated rings. The summed E-state index contributed by atoms with van der Waals surface area (Å²) in [5.41, 5.74) is 3.36. The number of carbonyl (C=O) groups excluding carboxylic acids is 2. The molecular weight excluding hydrogens is 412 g/mol. The summed E-state index contributed by atoms with van der Waals surface area (Å²) >= 11 is 1.55. The van der Waals surface area contributed by atoms with E-state index < -0.39 is 0 Å². The van der Waals surface area contributed by atoms with Gasteiger partial charge in [0.25, 0.3) is 5.91 Å². The minimum absolute atomic E-state index is 0.0692. The largest absolute Gasteiger partial charge is 0.348 e. The lowest BCUT2D eigenvalue weighted by Gasteiger charge is -2.16. The standard InChI is InChI=1S/C22H24N6O2S/c29-20(18-8-6-16(7-9-18)14-31-21-24-15-25-27-21)23-13-17-4-3-5-19(12-17)26-22(30)28-10-1-2-11-28/h3-9,12,15H,1-2,10-11,13-14H2,(H,23,29)(H,26,30)(H,24,25,27). The highest BCUT2D eigenvalue weighted by Gasteiger charge is 2.17. The average Bonchev–Trinajstić information content (AvgIpc) is 3.51. The number of hydrogen-bond donors (Lipinski definition) is 3. The number of urea groups is 1. The van der Waals surface area contributed by atoms with Crippen LogP contribution in [0.4, 0.5) is 10.5 Å². The highest BCUT2D eigenvalue weighted by atomic mass is 32.2. The predicted molar refractivity (Wildman–Crippen MR) is 120 cm³/mol. The van der Waals surface area contributed by atoms with Crippen LogP contribution in [0, 0.1) is 0 Å². The van der Waals surface area contributed by atoms with Gasteiger partial charge in [-0.25, -0.2) is 9.78 Å². The van der Waals surface area contributed by atoms with Gasteiger partial charge in [-0.15, -0.1) is 0 Å². The van der Waals surface area contributed by atoms with Crippen LogP contribution in [0.15, 0.2) is 60.0 Å². The molecule has 160 valence electrons. The average molecular weight is 437 g/mol. The van der Waals surface area contributed by atoms with Crippen molar-refractivity contribution >= 4 is 29.4 Å². The Morgan fingerprint density at radius 3 is 2.61 bits per heavy atom. The number of likely N-dealkylation sites (tertiary alicyclic amines) is 1. The van der Waals surface area contributed by atoms with E-state index in [1.807, 2.05) is 53.4 Å². The Morgan fingerprint density at radius 2 is 1.87 bits per heavy atom. The van der Waals surface area contributed by atoms with Crippen molar-refractivity contribution in [2.24, 2.45) is 0 Å². The van der Waals surface area contributed by atoms with Crippen LogP contribution in [-0.2, 0) is 12.3 Å². The first-order valence-corrected chi connectivity index (χ1v) is 11.2. The molecule has 8 nitrogen and oxygen atoms in total. The number of H-pyrrole nitrogens is 1. The molecule has 0 spiro atoms. The topological polar surface area (TPSA) is 103 Å². The molecule has 3 aromatic rings. The van der Waals surface area contributed by atoms with Crippen molar-refractivity contribution in [1.82, 2.24) is 25.4 Å². The van der Waals surface area contributed by atoms with Crippen molar-refractivity contribution in [1.29, 1.82) is 0 Å². The minimum Gasteiger partial charge on any atom is -0.348 e. The molecule has 3 N–H and O–H groups in total. The third-order valence-corrected chi connectivity index (χ3v) is 5.96. The van der Waals surface area contributed by atoms with Gasteiger partial charge in [0.15, 0.2) is 5.16 Å². The molecule has 1 aromatic heterocycles. The third-order valence-electron chi connectivity index (χ3n) is 5.01. The Morgan fingerprint density at radius 1 is 1.06 bits per heavy atom. The second-order valence-corrected chi connectivity index (χ2v) is 8.25. The zero-order valence-corrected chi connectivity index (χ0v) is 17.8. The molecule has 0 unspecified atom stereocenters. The maximum absolute atomic E-state index is 12.5. The highest BCUT2D eigenvalue weighted by Crippen LogP contribution is 2.19. The molecule has 4 rings (SSSR count). The molecule has 31 heavy (non-hydrogen) atoms. The van der Waals surface area contributed by atoms with Gasteiger partial charge < -0.3 is 15.5 Å². The van der Waals surface area contributed by atoms with E-state index in [9.17, 15) is 9.59 Å². The minimum atomic E-state index is -0.138. The zero-order valence-electron chi connectivity index (χ0n) is 17.0. The summed E-state index contributed by atoms with van der Waals surface area (Å²) in [5, 5.41) is 13.3. The lowest BCUT2D eigenvalue weighted by molar-refractivity contribution is 0.0951. The second-order valence-electron chi connectivity index (χ2n) is 7.28. The lowest BCUT2D eigenvalue weighted by Crippen LogP contribution is -2.32. The summed E-state index contributed by atoms with van der Waals surface area (Å²) in [6, 6.07) is 15.0. The van der Waals surface area contributed by atoms with E-state index in [4.69, 9.17) is 0 Å². The zero-order chi connectivity index (χ0) is 21.5. The summed E-state index contributed by atoms with van der Waals surface area (Å²) in [7, 11) is 0. The summed E-state index contributed by atoms with van der Waals surface area (Å²) in [6.45, 7) is 1.99. The molecule has 0 atom stereocenters. The molecule has 1 aliphatic rings. The molecule has 0 aliphatic carbocycles. The molecule has 0 radical (unpaired) electrons. The van der Waals surface area contributed by atoms with Crippen LogP contribution in [0.25, 0.3) is 0 Å². The van der Waals surface area contributed by atoms with Gasteiger partial charge in [0.1, 0.15) is 6.33 Å². The summed E-state index contributed by atoms with van der Waals surface area (Å²) in [6.07, 6.45) is 3.59. The van der Waals surface area contributed by atoms with Crippen LogP contribution < -0.4 is 10.6 Å². The number of nitrogens with zero attached hydrogens (tertiary/aromatic N) is 3. The molecule has 9 heteroatoms. The SMILES string of the molecule is O=C(NCc1cccc(NC(=O)N2CCCC2)c1)c1ccc(CSc2ncn[nH]2)cc1. The maximum Gasteiger partial charge on any atom is 0.321 e. The van der Waals surface area contributed by atoms with Gasteiger partial charge >= 0.3 is 6.03 Å². The molecule has 1 saturated heterocycles. The quantitative estimate of drug-likeness (QED) is 0.491. The number of anilines is 1. The Hall–Kier alpha value is -3.33. The number of hydrogen-bond acceptors (Lipinski definition) is 5. The first-order chi connectivity index (χ1) is 15.2. The van der Waals surface area contributed by atoms with E-state index in [-0.39, 0.29) is 11.9 Å². The van der Waals surface area contributed by atoms with Gasteiger partial charge in [-0.3, -0.25) is 9.89 Å².